The number of hydrogen-bond donors (Lipinski definition) is 3. The number of hydrogen-bond acceptors (Lipinski definition) is 4. The number of unbranched alkanes of at least 4 members (excludes halogenated alkanes) is 1. The monoisotopic (exact) mass is 437 g/mol. The third-order valence-corrected chi connectivity index (χ3v) is 5.71. The molecule has 0 aliphatic rings. The Kier molecular flexibility index (Phi) is 8.63. The highest BCUT2D eigenvalue weighted by Crippen LogP contribution is 2.15. The summed E-state index contributed by atoms with van der Waals surface area (Å²) >= 11 is 5.78. The highest BCUT2D eigenvalue weighted by atomic mass is 35.5. The van der Waals surface area contributed by atoms with Gasteiger partial charge in [0.05, 0.1) is 4.90 Å². The minimum absolute atomic E-state index is 0.0467. The quantitative estimate of drug-likeness (QED) is 0.496. The largest absolute Gasteiger partial charge is 0.352 e. The van der Waals surface area contributed by atoms with E-state index in [0.29, 0.717) is 22.8 Å². The van der Waals surface area contributed by atoms with Crippen LogP contribution in [0.2, 0.25) is 5.02 Å². The zero-order valence-electron chi connectivity index (χ0n) is 16.1. The van der Waals surface area contributed by atoms with Gasteiger partial charge in [0.25, 0.3) is 5.91 Å². The van der Waals surface area contributed by atoms with E-state index in [9.17, 15) is 18.0 Å². The molecule has 0 aliphatic carbocycles. The number of benzene rings is 2. The fraction of sp³-hybridized carbons (Fsp3) is 0.300. The highest BCUT2D eigenvalue weighted by Gasteiger charge is 2.14. The predicted octanol–water partition coefficient (Wildman–Crippen LogP) is 3.18. The minimum Gasteiger partial charge on any atom is -0.352 e. The van der Waals surface area contributed by atoms with Crippen molar-refractivity contribution in [3.63, 3.8) is 0 Å². The molecule has 0 atom stereocenters. The Morgan fingerprint density at radius 3 is 2.45 bits per heavy atom. The average Bonchev–Trinajstić information content (AvgIpc) is 2.68. The molecule has 3 N–H and O–H groups in total. The third kappa shape index (κ3) is 7.49. The van der Waals surface area contributed by atoms with E-state index in [0.717, 1.165) is 12.8 Å². The van der Waals surface area contributed by atoms with Gasteiger partial charge in [-0.25, -0.2) is 13.1 Å². The van der Waals surface area contributed by atoms with Crippen molar-refractivity contribution in [1.82, 2.24) is 10.0 Å². The van der Waals surface area contributed by atoms with Crippen molar-refractivity contribution < 1.29 is 18.0 Å². The van der Waals surface area contributed by atoms with Crippen molar-refractivity contribution in [2.75, 3.05) is 18.4 Å². The van der Waals surface area contributed by atoms with Crippen LogP contribution in [0.1, 0.15) is 36.5 Å². The molecule has 29 heavy (non-hydrogen) atoms. The van der Waals surface area contributed by atoms with E-state index in [1.807, 2.05) is 6.92 Å². The number of halogens is 1. The Balaban J connectivity index is 1.86. The second-order valence-electron chi connectivity index (χ2n) is 6.34. The zero-order chi connectivity index (χ0) is 21.3. The highest BCUT2D eigenvalue weighted by molar-refractivity contribution is 7.89. The molecule has 0 radical (unpaired) electrons. The van der Waals surface area contributed by atoms with Crippen LogP contribution >= 0.6 is 11.6 Å². The summed E-state index contributed by atoms with van der Waals surface area (Å²) in [4.78, 5) is 24.2. The van der Waals surface area contributed by atoms with Gasteiger partial charge in [0.1, 0.15) is 0 Å². The molecule has 0 aromatic heterocycles. The van der Waals surface area contributed by atoms with Crippen molar-refractivity contribution >= 4 is 39.1 Å². The molecular weight excluding hydrogens is 414 g/mol. The van der Waals surface area contributed by atoms with Crippen molar-refractivity contribution in [1.29, 1.82) is 0 Å². The van der Waals surface area contributed by atoms with Gasteiger partial charge in [0, 0.05) is 35.8 Å². The maximum atomic E-state index is 12.3. The van der Waals surface area contributed by atoms with Gasteiger partial charge in [-0.15, -0.1) is 0 Å². The normalized spacial score (nSPS) is 11.1. The molecule has 0 bridgehead atoms. The summed E-state index contributed by atoms with van der Waals surface area (Å²) in [5.41, 5.74) is 0.820. The Hall–Kier alpha value is -2.42. The second kappa shape index (κ2) is 10.9. The van der Waals surface area contributed by atoms with Crippen molar-refractivity contribution in [2.24, 2.45) is 0 Å². The third-order valence-electron chi connectivity index (χ3n) is 3.99. The number of sulfonamides is 1. The lowest BCUT2D eigenvalue weighted by molar-refractivity contribution is -0.116. The zero-order valence-corrected chi connectivity index (χ0v) is 17.6. The Bertz CT molecular complexity index is 946. The summed E-state index contributed by atoms with van der Waals surface area (Å²) in [6, 6.07) is 12.5. The molecule has 2 aromatic carbocycles. The van der Waals surface area contributed by atoms with E-state index >= 15 is 0 Å². The maximum absolute atomic E-state index is 12.3. The maximum Gasteiger partial charge on any atom is 0.251 e. The summed E-state index contributed by atoms with van der Waals surface area (Å²) in [6.45, 7) is 2.48. The van der Waals surface area contributed by atoms with Crippen LogP contribution in [0.3, 0.4) is 0 Å². The first-order valence-electron chi connectivity index (χ1n) is 9.25. The fourth-order valence-corrected chi connectivity index (χ4v) is 3.67. The van der Waals surface area contributed by atoms with Gasteiger partial charge >= 0.3 is 0 Å². The fourth-order valence-electron chi connectivity index (χ4n) is 2.42. The molecular formula is C20H24ClN3O4S. The average molecular weight is 438 g/mol. The molecule has 0 spiro atoms. The van der Waals surface area contributed by atoms with Gasteiger partial charge in [-0.3, -0.25) is 9.59 Å². The van der Waals surface area contributed by atoms with Gasteiger partial charge in [0.2, 0.25) is 15.9 Å². The minimum atomic E-state index is -3.62. The van der Waals surface area contributed by atoms with Crippen LogP contribution < -0.4 is 15.4 Å². The molecule has 0 aliphatic heterocycles. The first-order chi connectivity index (χ1) is 13.8. The molecule has 9 heteroatoms. The molecule has 156 valence electrons. The first-order valence-corrected chi connectivity index (χ1v) is 11.1. The summed E-state index contributed by atoms with van der Waals surface area (Å²) in [6.07, 6.45) is 1.68. The lowest BCUT2D eigenvalue weighted by Gasteiger charge is -2.10. The van der Waals surface area contributed by atoms with Gasteiger partial charge < -0.3 is 10.6 Å². The Morgan fingerprint density at radius 1 is 1.03 bits per heavy atom. The van der Waals surface area contributed by atoms with Crippen molar-refractivity contribution in [3.8, 4) is 0 Å². The van der Waals surface area contributed by atoms with Gasteiger partial charge in [-0.1, -0.05) is 31.0 Å². The standard InChI is InChI=1S/C20H24ClN3O4S/c1-2-3-12-23-29(27,28)18-6-4-5-17(14-18)24-19(25)11-13-22-20(26)15-7-9-16(21)10-8-15/h4-10,14,23H,2-3,11-13H2,1H3,(H,22,26)(H,24,25). The lowest BCUT2D eigenvalue weighted by atomic mass is 10.2. The number of rotatable bonds is 10. The topological polar surface area (TPSA) is 104 Å². The van der Waals surface area contributed by atoms with E-state index in [1.165, 1.54) is 12.1 Å². The molecule has 7 nitrogen and oxygen atoms in total. The molecule has 0 heterocycles. The smallest absolute Gasteiger partial charge is 0.251 e. The molecule has 0 fully saturated rings. The number of amides is 2. The van der Waals surface area contributed by atoms with Crippen LogP contribution in [0.5, 0.6) is 0 Å². The number of carbonyl (C=O) groups is 2. The van der Waals surface area contributed by atoms with E-state index in [1.54, 1.807) is 36.4 Å². The molecule has 2 amide bonds. The van der Waals surface area contributed by atoms with Crippen LogP contribution in [0.25, 0.3) is 0 Å². The van der Waals surface area contributed by atoms with Crippen molar-refractivity contribution in [2.45, 2.75) is 31.1 Å². The summed E-state index contributed by atoms with van der Waals surface area (Å²) in [5, 5.41) is 5.83. The van der Waals surface area contributed by atoms with E-state index in [4.69, 9.17) is 11.6 Å². The summed E-state index contributed by atoms with van der Waals surface area (Å²) < 4.78 is 27.1. The van der Waals surface area contributed by atoms with Crippen LogP contribution in [0, 0.1) is 0 Å². The number of carbonyl (C=O) groups excluding carboxylic acids is 2. The van der Waals surface area contributed by atoms with Crippen molar-refractivity contribution in [3.05, 3.63) is 59.1 Å². The van der Waals surface area contributed by atoms with E-state index in [2.05, 4.69) is 15.4 Å². The van der Waals surface area contributed by atoms with Crippen LogP contribution in [-0.2, 0) is 14.8 Å². The van der Waals surface area contributed by atoms with Crippen LogP contribution in [0.15, 0.2) is 53.4 Å². The van der Waals surface area contributed by atoms with Crippen LogP contribution in [-0.4, -0.2) is 33.3 Å². The number of anilines is 1. The summed E-state index contributed by atoms with van der Waals surface area (Å²) in [5.74, 6) is -0.643. The molecule has 2 rings (SSSR count). The lowest BCUT2D eigenvalue weighted by Crippen LogP contribution is -2.27. The Morgan fingerprint density at radius 2 is 1.76 bits per heavy atom. The van der Waals surface area contributed by atoms with Gasteiger partial charge in [-0.2, -0.15) is 0 Å². The molecule has 2 aromatic rings. The van der Waals surface area contributed by atoms with E-state index < -0.39 is 10.0 Å². The first kappa shape index (κ1) is 22.9. The van der Waals surface area contributed by atoms with Crippen LogP contribution in [0.4, 0.5) is 5.69 Å². The molecule has 0 saturated carbocycles. The predicted molar refractivity (Wildman–Crippen MR) is 114 cm³/mol. The second-order valence-corrected chi connectivity index (χ2v) is 8.54. The van der Waals surface area contributed by atoms with Gasteiger partial charge in [0.15, 0.2) is 0 Å². The molecule has 0 unspecified atom stereocenters. The van der Waals surface area contributed by atoms with Gasteiger partial charge in [-0.05, 0) is 48.9 Å². The summed E-state index contributed by atoms with van der Waals surface area (Å²) in [7, 11) is -3.62. The Labute approximate surface area is 175 Å². The molecule has 0 saturated heterocycles. The van der Waals surface area contributed by atoms with E-state index in [-0.39, 0.29) is 29.7 Å². The SMILES string of the molecule is CCCCNS(=O)(=O)c1cccc(NC(=O)CCNC(=O)c2ccc(Cl)cc2)c1. The number of nitrogens with one attached hydrogen (secondary N) is 3.